The first kappa shape index (κ1) is 46.6. The summed E-state index contributed by atoms with van der Waals surface area (Å²) in [6.07, 6.45) is 13.9. The molecule has 0 radical (unpaired) electrons. The normalized spacial score (nSPS) is 16.3. The second kappa shape index (κ2) is 22.1. The summed E-state index contributed by atoms with van der Waals surface area (Å²) in [5.74, 6) is 5.30. The van der Waals surface area contributed by atoms with Crippen LogP contribution in [0.1, 0.15) is 144 Å². The largest absolute Gasteiger partial charge is 0.493 e. The number of benzene rings is 7. The quantitative estimate of drug-likeness (QED) is 0.0639. The molecular formula is C67H75NO4. The molecule has 1 aliphatic heterocycles. The van der Waals surface area contributed by atoms with Crippen LogP contribution >= 0.6 is 0 Å². The molecule has 0 N–H and O–H groups in total. The third-order valence-corrected chi connectivity index (χ3v) is 16.0. The van der Waals surface area contributed by atoms with Crippen molar-refractivity contribution in [3.63, 3.8) is 0 Å². The lowest BCUT2D eigenvalue weighted by atomic mass is 9.70. The molecule has 0 saturated heterocycles. The highest BCUT2D eigenvalue weighted by molar-refractivity contribution is 5.97. The average molecular weight is 962 g/mol. The summed E-state index contributed by atoms with van der Waals surface area (Å²) in [5.41, 5.74) is 13.5. The van der Waals surface area contributed by atoms with Crippen molar-refractivity contribution in [3.05, 3.63) is 168 Å². The van der Waals surface area contributed by atoms with E-state index in [2.05, 4.69) is 156 Å². The van der Waals surface area contributed by atoms with Crippen molar-refractivity contribution in [2.75, 3.05) is 24.7 Å². The molecule has 1 heterocycles. The van der Waals surface area contributed by atoms with Crippen LogP contribution in [0, 0.1) is 17.8 Å². The van der Waals surface area contributed by atoms with Gasteiger partial charge in [-0.25, -0.2) is 0 Å². The molecule has 7 aromatic rings. The van der Waals surface area contributed by atoms with Crippen LogP contribution in [-0.2, 0) is 5.41 Å². The Morgan fingerprint density at radius 2 is 1.01 bits per heavy atom. The Hall–Kier alpha value is -6.46. The first-order chi connectivity index (χ1) is 36.2. The molecule has 0 fully saturated rings. The molecule has 1 spiro atoms. The van der Waals surface area contributed by atoms with E-state index in [-0.39, 0.29) is 0 Å². The van der Waals surface area contributed by atoms with E-state index >= 15 is 0 Å². The zero-order chi connectivity index (χ0) is 51.3. The number of hydrogen-bond donors (Lipinski definition) is 0. The van der Waals surface area contributed by atoms with Gasteiger partial charge >= 0.3 is 0 Å². The number of unbranched alkanes of at least 4 members (excludes halogenated alkanes) is 3. The van der Waals surface area contributed by atoms with E-state index < -0.39 is 5.41 Å². The number of rotatable bonds is 23. The minimum Gasteiger partial charge on any atom is -0.493 e. The number of hydrogen-bond acceptors (Lipinski definition) is 5. The fraction of sp³-hybridized carbons (Fsp3) is 0.373. The monoisotopic (exact) mass is 962 g/mol. The zero-order valence-corrected chi connectivity index (χ0v) is 43.6. The molecule has 0 saturated carbocycles. The van der Waals surface area contributed by atoms with Gasteiger partial charge < -0.3 is 23.8 Å². The highest BCUT2D eigenvalue weighted by atomic mass is 16.5. The third-order valence-electron chi connectivity index (χ3n) is 16.0. The number of para-hydroxylation sites is 2. The van der Waals surface area contributed by atoms with Crippen LogP contribution in [0.3, 0.4) is 0 Å². The molecule has 5 heteroatoms. The van der Waals surface area contributed by atoms with E-state index in [4.69, 9.17) is 21.7 Å². The highest BCUT2D eigenvalue weighted by Gasteiger charge is 2.52. The fourth-order valence-electron chi connectivity index (χ4n) is 11.7. The smallest absolute Gasteiger partial charge is 0.161 e. The summed E-state index contributed by atoms with van der Waals surface area (Å²) in [5, 5.41) is 0. The molecule has 7 aromatic carbocycles. The van der Waals surface area contributed by atoms with Gasteiger partial charge in [0.2, 0.25) is 0 Å². The van der Waals surface area contributed by atoms with Crippen LogP contribution in [-0.4, -0.2) is 19.8 Å². The molecule has 0 bridgehead atoms. The van der Waals surface area contributed by atoms with Gasteiger partial charge in [-0.2, -0.15) is 0 Å². The lowest BCUT2D eigenvalue weighted by Crippen LogP contribution is -2.26. The first-order valence-electron chi connectivity index (χ1n) is 28.5. The van der Waals surface area contributed by atoms with E-state index in [1.165, 1.54) is 61.6 Å². The maximum absolute atomic E-state index is 9.11. The van der Waals surface area contributed by atoms with Gasteiger partial charge in [-0.05, 0) is 159 Å². The Kier molecular flexibility index (Phi) is 14.3. The average Bonchev–Trinajstić information content (AvgIpc) is 3.91. The molecule has 4 atom stereocenters. The maximum atomic E-state index is 9.11. The van der Waals surface area contributed by atoms with Gasteiger partial charge in [0.1, 0.15) is 5.75 Å². The van der Waals surface area contributed by atoms with Gasteiger partial charge in [-0.3, -0.25) is 0 Å². The van der Waals surface area contributed by atoms with Crippen LogP contribution in [0.5, 0.6) is 28.7 Å². The summed E-state index contributed by atoms with van der Waals surface area (Å²) < 4.78 is 44.7. The van der Waals surface area contributed by atoms with Crippen LogP contribution in [0.15, 0.2) is 146 Å². The summed E-state index contributed by atoms with van der Waals surface area (Å²) >= 11 is 0. The van der Waals surface area contributed by atoms with Gasteiger partial charge in [0.15, 0.2) is 23.0 Å². The Morgan fingerprint density at radius 1 is 0.472 bits per heavy atom. The lowest BCUT2D eigenvalue weighted by molar-refractivity contribution is 0.199. The number of fused-ring (bicyclic) bond motifs is 12. The maximum Gasteiger partial charge on any atom is 0.161 e. The summed E-state index contributed by atoms with van der Waals surface area (Å²) in [6, 6.07) is 47.9. The minimum atomic E-state index is -0.715. The second-order valence-electron chi connectivity index (χ2n) is 20.6. The second-order valence-corrected chi connectivity index (χ2v) is 20.6. The Bertz CT molecular complexity index is 3090. The van der Waals surface area contributed by atoms with Crippen LogP contribution in [0.25, 0.3) is 33.4 Å². The van der Waals surface area contributed by atoms with Gasteiger partial charge in [-0.15, -0.1) is 0 Å². The standard InChI is InChI=1S/C67H75NO4/c1-7-13-22-46(10-4)43-69-52-35-33-51(34-36-52)68-61-29-20-21-30-63(61)72-64-40-50(32-38-62(64)68)49-31-37-55-53-25-16-18-27-57(53)67(59(55)39-49)58-28-19-17-26-54(58)56-41-65(70-44-47(11-5)23-14-8-2)66(42-60(56)67)71-45-48(12-6)24-15-9-3/h16-21,25-42,46-48H,7-15,22-24,43-45H2,1-6H3/i18T,21T. The van der Waals surface area contributed by atoms with Crippen LogP contribution in [0.4, 0.5) is 17.1 Å². The number of anilines is 3. The van der Waals surface area contributed by atoms with Crippen LogP contribution < -0.4 is 23.8 Å². The van der Waals surface area contributed by atoms with Crippen molar-refractivity contribution in [1.29, 1.82) is 0 Å². The Balaban J connectivity index is 1.07. The summed E-state index contributed by atoms with van der Waals surface area (Å²) in [7, 11) is 0. The number of ether oxygens (including phenoxy) is 4. The highest BCUT2D eigenvalue weighted by Crippen LogP contribution is 2.64. The zero-order valence-electron chi connectivity index (χ0n) is 45.6. The van der Waals surface area contributed by atoms with Crippen molar-refractivity contribution >= 4 is 17.1 Å². The molecule has 0 amide bonds. The Morgan fingerprint density at radius 3 is 1.71 bits per heavy atom. The van der Waals surface area contributed by atoms with Gasteiger partial charge in [0, 0.05) is 5.69 Å². The predicted molar refractivity (Wildman–Crippen MR) is 299 cm³/mol. The molecule has 5 nitrogen and oxygen atoms in total. The predicted octanol–water partition coefficient (Wildman–Crippen LogP) is 19.1. The molecule has 72 heavy (non-hydrogen) atoms. The summed E-state index contributed by atoms with van der Waals surface area (Å²) in [4.78, 5) is 2.23. The molecule has 3 aliphatic rings. The van der Waals surface area contributed by atoms with E-state index in [1.54, 1.807) is 6.07 Å². The van der Waals surface area contributed by atoms with Crippen LogP contribution in [0.2, 0.25) is 0 Å². The molecular weight excluding hydrogens is 883 g/mol. The van der Waals surface area contributed by atoms with E-state index in [9.17, 15) is 0 Å². The molecule has 372 valence electrons. The molecule has 2 aliphatic carbocycles. The minimum absolute atomic E-state index is 0.392. The van der Waals surface area contributed by atoms with Crippen molar-refractivity contribution in [1.82, 2.24) is 0 Å². The van der Waals surface area contributed by atoms with Crippen molar-refractivity contribution in [2.45, 2.75) is 124 Å². The van der Waals surface area contributed by atoms with Gasteiger partial charge in [-0.1, -0.05) is 178 Å². The van der Waals surface area contributed by atoms with Crippen molar-refractivity contribution in [3.8, 4) is 62.1 Å². The van der Waals surface area contributed by atoms with Crippen molar-refractivity contribution < 1.29 is 21.7 Å². The van der Waals surface area contributed by atoms with E-state index in [1.807, 2.05) is 18.2 Å². The lowest BCUT2D eigenvalue weighted by Gasteiger charge is -2.33. The SMILES string of the molecule is [3H]c1ccc2c(c1)Oc1cc(-c3ccc4c(c3)C3(c5ccccc5-c5cc(OCC(CC)CCCC)c(OCC(CC)CCCC)cc53)c3cc([3H])ccc3-4)ccc1N2c1ccc(OCC(CC)CCCC)cc1. The summed E-state index contributed by atoms with van der Waals surface area (Å²) in [6.45, 7) is 15.6. The van der Waals surface area contributed by atoms with Gasteiger partial charge in [0.25, 0.3) is 0 Å². The third kappa shape index (κ3) is 9.29. The molecule has 4 unspecified atom stereocenters. The van der Waals surface area contributed by atoms with Gasteiger partial charge in [0.05, 0.1) is 39.4 Å². The van der Waals surface area contributed by atoms with E-state index in [0.29, 0.717) is 48.8 Å². The molecule has 10 rings (SSSR count). The van der Waals surface area contributed by atoms with Crippen molar-refractivity contribution in [2.24, 2.45) is 17.8 Å². The Labute approximate surface area is 433 Å². The van der Waals surface area contributed by atoms with E-state index in [0.717, 1.165) is 118 Å². The topological polar surface area (TPSA) is 40.2 Å². The molecule has 0 aromatic heterocycles. The first-order valence-corrected chi connectivity index (χ1v) is 27.5. The fourth-order valence-corrected chi connectivity index (χ4v) is 11.7. The number of nitrogens with zero attached hydrogens (tertiary/aromatic N) is 1.